The molecule has 2 aromatic rings. The summed E-state index contributed by atoms with van der Waals surface area (Å²) in [5.74, 6) is 0.604. The van der Waals surface area contributed by atoms with Crippen molar-refractivity contribution in [2.24, 2.45) is 5.73 Å². The highest BCUT2D eigenvalue weighted by Gasteiger charge is 2.26. The Morgan fingerprint density at radius 3 is 2.71 bits per heavy atom. The zero-order valence-corrected chi connectivity index (χ0v) is 17.6. The van der Waals surface area contributed by atoms with Crippen LogP contribution in [0.2, 0.25) is 0 Å². The van der Waals surface area contributed by atoms with Crippen molar-refractivity contribution in [3.05, 3.63) is 24.0 Å². The number of imidazole rings is 1. The maximum absolute atomic E-state index is 12.4. The van der Waals surface area contributed by atoms with Crippen LogP contribution in [-0.4, -0.2) is 59.8 Å². The van der Waals surface area contributed by atoms with E-state index < -0.39 is 10.0 Å². The number of benzene rings is 1. The number of fused-ring (bicyclic) bond motifs is 1. The minimum absolute atomic E-state index is 0.140. The zero-order valence-electron chi connectivity index (χ0n) is 16.8. The van der Waals surface area contributed by atoms with E-state index in [1.807, 2.05) is 13.0 Å². The SMILES string of the molecule is CCn1c(CN2CCCCC2CC(N)=O)nc2cc(S(=O)(=O)N(C)C)ccc21. The maximum Gasteiger partial charge on any atom is 0.242 e. The first kappa shape index (κ1) is 20.8. The predicted octanol–water partition coefficient (Wildman–Crippen LogP) is 1.54. The van der Waals surface area contributed by atoms with Crippen LogP contribution in [0.1, 0.15) is 38.4 Å². The molecule has 2 N–H and O–H groups in total. The molecule has 1 saturated heterocycles. The van der Waals surface area contributed by atoms with Gasteiger partial charge in [-0.15, -0.1) is 0 Å². The average molecular weight is 408 g/mol. The Hall–Kier alpha value is -1.97. The molecule has 0 radical (unpaired) electrons. The summed E-state index contributed by atoms with van der Waals surface area (Å²) in [6, 6.07) is 5.23. The number of aryl methyl sites for hydroxylation is 1. The minimum Gasteiger partial charge on any atom is -0.370 e. The summed E-state index contributed by atoms with van der Waals surface area (Å²) >= 11 is 0. The van der Waals surface area contributed by atoms with Gasteiger partial charge in [0.1, 0.15) is 5.82 Å². The van der Waals surface area contributed by atoms with Crippen molar-refractivity contribution in [3.8, 4) is 0 Å². The molecular formula is C19H29N5O3S. The summed E-state index contributed by atoms with van der Waals surface area (Å²) in [7, 11) is -0.468. The Morgan fingerprint density at radius 2 is 2.07 bits per heavy atom. The number of carbonyl (C=O) groups excluding carboxylic acids is 1. The molecule has 2 heterocycles. The third-order valence-electron chi connectivity index (χ3n) is 5.42. The van der Waals surface area contributed by atoms with Gasteiger partial charge in [0.15, 0.2) is 0 Å². The number of rotatable bonds is 7. The number of nitrogens with two attached hydrogens (primary N) is 1. The van der Waals surface area contributed by atoms with Crippen LogP contribution in [0.5, 0.6) is 0 Å². The average Bonchev–Trinajstić information content (AvgIpc) is 2.98. The van der Waals surface area contributed by atoms with Crippen molar-refractivity contribution in [3.63, 3.8) is 0 Å². The molecule has 1 fully saturated rings. The Balaban J connectivity index is 1.95. The van der Waals surface area contributed by atoms with E-state index in [2.05, 4.69) is 9.47 Å². The maximum atomic E-state index is 12.4. The van der Waals surface area contributed by atoms with E-state index in [9.17, 15) is 13.2 Å². The van der Waals surface area contributed by atoms with Gasteiger partial charge in [0.25, 0.3) is 0 Å². The second-order valence-electron chi connectivity index (χ2n) is 7.50. The fourth-order valence-electron chi connectivity index (χ4n) is 3.92. The van der Waals surface area contributed by atoms with Gasteiger partial charge in [-0.1, -0.05) is 6.42 Å². The number of carbonyl (C=O) groups is 1. The molecule has 8 nitrogen and oxygen atoms in total. The molecule has 3 rings (SSSR count). The lowest BCUT2D eigenvalue weighted by molar-refractivity contribution is -0.119. The first-order valence-corrected chi connectivity index (χ1v) is 11.1. The molecule has 0 spiro atoms. The number of aromatic nitrogens is 2. The number of hydrogen-bond donors (Lipinski definition) is 1. The molecule has 0 aliphatic carbocycles. The van der Waals surface area contributed by atoms with Gasteiger partial charge >= 0.3 is 0 Å². The van der Waals surface area contributed by atoms with Crippen molar-refractivity contribution in [1.29, 1.82) is 0 Å². The molecular weight excluding hydrogens is 378 g/mol. The molecule has 9 heteroatoms. The minimum atomic E-state index is -3.51. The lowest BCUT2D eigenvalue weighted by Crippen LogP contribution is -2.41. The van der Waals surface area contributed by atoms with E-state index in [0.717, 1.165) is 43.7 Å². The van der Waals surface area contributed by atoms with Crippen LogP contribution < -0.4 is 5.73 Å². The topological polar surface area (TPSA) is 102 Å². The number of piperidine rings is 1. The van der Waals surface area contributed by atoms with E-state index in [1.165, 1.54) is 18.4 Å². The van der Waals surface area contributed by atoms with Crippen LogP contribution >= 0.6 is 0 Å². The number of hydrogen-bond acceptors (Lipinski definition) is 5. The van der Waals surface area contributed by atoms with Crippen molar-refractivity contribution in [2.45, 2.75) is 56.6 Å². The van der Waals surface area contributed by atoms with Gasteiger partial charge < -0.3 is 10.3 Å². The van der Waals surface area contributed by atoms with Crippen LogP contribution in [0.25, 0.3) is 11.0 Å². The summed E-state index contributed by atoms with van der Waals surface area (Å²) in [4.78, 5) is 18.7. The Kier molecular flexibility index (Phi) is 6.07. The fraction of sp³-hybridized carbons (Fsp3) is 0.579. The zero-order chi connectivity index (χ0) is 20.5. The molecule has 154 valence electrons. The van der Waals surface area contributed by atoms with Crippen LogP contribution in [0.3, 0.4) is 0 Å². The lowest BCUT2D eigenvalue weighted by atomic mass is 9.99. The third-order valence-corrected chi connectivity index (χ3v) is 7.24. The first-order valence-electron chi connectivity index (χ1n) is 9.68. The van der Waals surface area contributed by atoms with Crippen molar-refractivity contribution >= 4 is 27.0 Å². The smallest absolute Gasteiger partial charge is 0.242 e. The molecule has 0 bridgehead atoms. The van der Waals surface area contributed by atoms with E-state index in [4.69, 9.17) is 10.7 Å². The van der Waals surface area contributed by atoms with Gasteiger partial charge in [-0.2, -0.15) is 0 Å². The number of amides is 1. The summed E-state index contributed by atoms with van der Waals surface area (Å²) in [6.45, 7) is 4.31. The standard InChI is InChI=1S/C19H29N5O3S/c1-4-24-17-9-8-15(28(26,27)22(2)3)12-16(17)21-19(24)13-23-10-6-5-7-14(23)11-18(20)25/h8-9,12,14H,4-7,10-11,13H2,1-3H3,(H2,20,25). The molecule has 1 amide bonds. The van der Waals surface area contributed by atoms with Crippen LogP contribution in [0.4, 0.5) is 0 Å². The molecule has 1 unspecified atom stereocenters. The highest BCUT2D eigenvalue weighted by Crippen LogP contribution is 2.25. The Bertz CT molecular complexity index is 967. The van der Waals surface area contributed by atoms with Crippen LogP contribution in [-0.2, 0) is 27.9 Å². The van der Waals surface area contributed by atoms with Gasteiger partial charge in [0.05, 0.1) is 22.5 Å². The van der Waals surface area contributed by atoms with E-state index in [0.29, 0.717) is 18.5 Å². The monoisotopic (exact) mass is 407 g/mol. The van der Waals surface area contributed by atoms with Crippen molar-refractivity contribution in [2.75, 3.05) is 20.6 Å². The van der Waals surface area contributed by atoms with Gasteiger partial charge in [-0.05, 0) is 44.5 Å². The van der Waals surface area contributed by atoms with Gasteiger partial charge in [-0.25, -0.2) is 17.7 Å². The van der Waals surface area contributed by atoms with Crippen molar-refractivity contribution in [1.82, 2.24) is 18.8 Å². The molecule has 1 aromatic carbocycles. The lowest BCUT2D eigenvalue weighted by Gasteiger charge is -2.34. The number of nitrogens with zero attached hydrogens (tertiary/aromatic N) is 4. The third kappa shape index (κ3) is 4.06. The van der Waals surface area contributed by atoms with E-state index >= 15 is 0 Å². The van der Waals surface area contributed by atoms with Gasteiger partial charge in [-0.3, -0.25) is 9.69 Å². The number of sulfonamides is 1. The highest BCUT2D eigenvalue weighted by molar-refractivity contribution is 7.89. The number of primary amides is 1. The largest absolute Gasteiger partial charge is 0.370 e. The van der Waals surface area contributed by atoms with Gasteiger partial charge in [0.2, 0.25) is 15.9 Å². The summed E-state index contributed by atoms with van der Waals surface area (Å²) in [5, 5.41) is 0. The van der Waals surface area contributed by atoms with Crippen molar-refractivity contribution < 1.29 is 13.2 Å². The first-order chi connectivity index (χ1) is 13.2. The number of likely N-dealkylation sites (tertiary alicyclic amines) is 1. The van der Waals surface area contributed by atoms with E-state index in [1.54, 1.807) is 12.1 Å². The molecule has 1 aliphatic heterocycles. The second kappa shape index (κ2) is 8.18. The summed E-state index contributed by atoms with van der Waals surface area (Å²) in [6.07, 6.45) is 3.51. The molecule has 1 atom stereocenters. The normalized spacial score (nSPS) is 18.8. The molecule has 1 aliphatic rings. The van der Waals surface area contributed by atoms with Crippen LogP contribution in [0, 0.1) is 0 Å². The van der Waals surface area contributed by atoms with Crippen LogP contribution in [0.15, 0.2) is 23.1 Å². The highest BCUT2D eigenvalue weighted by atomic mass is 32.2. The molecule has 28 heavy (non-hydrogen) atoms. The van der Waals surface area contributed by atoms with E-state index in [-0.39, 0.29) is 16.8 Å². The summed E-state index contributed by atoms with van der Waals surface area (Å²) in [5.41, 5.74) is 7.02. The summed E-state index contributed by atoms with van der Waals surface area (Å²) < 4.78 is 28.2. The quantitative estimate of drug-likeness (QED) is 0.750. The Labute approximate surface area is 166 Å². The van der Waals surface area contributed by atoms with Gasteiger partial charge in [0, 0.05) is 33.1 Å². The predicted molar refractivity (Wildman–Crippen MR) is 108 cm³/mol. The fourth-order valence-corrected chi connectivity index (χ4v) is 4.84. The molecule has 0 saturated carbocycles. The molecule has 1 aromatic heterocycles. The Morgan fingerprint density at radius 1 is 1.32 bits per heavy atom. The second-order valence-corrected chi connectivity index (χ2v) is 9.65.